The molecule has 0 N–H and O–H groups in total. The van der Waals surface area contributed by atoms with E-state index in [9.17, 15) is 0 Å². The number of hydrogen-bond acceptors (Lipinski definition) is 2. The van der Waals surface area contributed by atoms with Gasteiger partial charge in [0.25, 0.3) is 0 Å². The topological polar surface area (TPSA) is 35.4 Å². The standard InChI is InChI=1S/C49H31N3O/c1-3-13-34-30(11-1)22-26-44-48(34)39-25-23-33(51-42-18-8-4-14-35(42)36-15-5-9-19-43(36)51)29-45(39)52(44)49-40(27-32-12-2-7-17-41(32)50-49)31-21-24-38-37-16-6-10-20-46(37)53-47(38)28-31/h1-26,28-29,40H,27H2. The third kappa shape index (κ3) is 4.09. The summed E-state index contributed by atoms with van der Waals surface area (Å²) in [4.78, 5) is 5.58. The number of fused-ring (bicyclic) bond motifs is 12. The number of aliphatic imine (C=N–C) groups is 1. The van der Waals surface area contributed by atoms with Gasteiger partial charge in [-0.05, 0) is 76.9 Å². The molecule has 0 amide bonds. The summed E-state index contributed by atoms with van der Waals surface area (Å²) in [6.45, 7) is 0. The normalized spacial score (nSPS) is 14.6. The van der Waals surface area contributed by atoms with Gasteiger partial charge in [-0.25, -0.2) is 4.99 Å². The van der Waals surface area contributed by atoms with Gasteiger partial charge in [0.2, 0.25) is 0 Å². The Kier molecular flexibility index (Phi) is 5.86. The van der Waals surface area contributed by atoms with E-state index in [1.165, 1.54) is 54.5 Å². The maximum atomic E-state index is 6.45. The zero-order chi connectivity index (χ0) is 34.6. The second-order valence-corrected chi connectivity index (χ2v) is 14.3. The van der Waals surface area contributed by atoms with E-state index in [2.05, 4.69) is 173 Å². The van der Waals surface area contributed by atoms with E-state index in [1.54, 1.807) is 0 Å². The minimum Gasteiger partial charge on any atom is -0.456 e. The first-order chi connectivity index (χ1) is 26.3. The molecule has 4 heterocycles. The lowest BCUT2D eigenvalue weighted by Crippen LogP contribution is -2.25. The first-order valence-electron chi connectivity index (χ1n) is 18.3. The lowest BCUT2D eigenvalue weighted by Gasteiger charge is -2.27. The minimum atomic E-state index is -0.00956. The first kappa shape index (κ1) is 28.8. The van der Waals surface area contributed by atoms with Crippen LogP contribution in [0.3, 0.4) is 0 Å². The fourth-order valence-corrected chi connectivity index (χ4v) is 9.10. The van der Waals surface area contributed by atoms with Gasteiger partial charge in [0.15, 0.2) is 0 Å². The van der Waals surface area contributed by atoms with Crippen LogP contribution in [0.2, 0.25) is 0 Å². The fraction of sp³-hybridized carbons (Fsp3) is 0.0408. The van der Waals surface area contributed by atoms with E-state index in [0.29, 0.717) is 0 Å². The van der Waals surface area contributed by atoms with E-state index in [1.807, 2.05) is 6.07 Å². The number of nitrogens with zero attached hydrogens (tertiary/aromatic N) is 3. The van der Waals surface area contributed by atoms with Crippen LogP contribution in [0, 0.1) is 0 Å². The number of furan rings is 1. The Morgan fingerprint density at radius 1 is 0.472 bits per heavy atom. The SMILES string of the molecule is c1ccc2c(c1)CC(c1ccc3c(c1)oc1ccccc13)C(n1c3cc(-n4c5ccccc5c5ccccc54)ccc3c3c4ccccc4ccc31)=N2. The van der Waals surface area contributed by atoms with Gasteiger partial charge in [-0.2, -0.15) is 0 Å². The van der Waals surface area contributed by atoms with Crippen molar-refractivity contribution in [3.05, 3.63) is 181 Å². The second kappa shape index (κ2) is 10.8. The Balaban J connectivity index is 1.17. The van der Waals surface area contributed by atoms with Crippen LogP contribution in [0.1, 0.15) is 17.0 Å². The van der Waals surface area contributed by atoms with Crippen LogP contribution in [0.15, 0.2) is 179 Å². The summed E-state index contributed by atoms with van der Waals surface area (Å²) < 4.78 is 11.3. The number of aromatic nitrogens is 2. The smallest absolute Gasteiger partial charge is 0.135 e. The predicted molar refractivity (Wildman–Crippen MR) is 220 cm³/mol. The maximum absolute atomic E-state index is 6.45. The van der Waals surface area contributed by atoms with Crippen LogP contribution in [0.25, 0.3) is 82.0 Å². The van der Waals surface area contributed by atoms with Gasteiger partial charge in [0.05, 0.1) is 27.8 Å². The van der Waals surface area contributed by atoms with Gasteiger partial charge in [-0.15, -0.1) is 0 Å². The number of rotatable bonds is 2. The van der Waals surface area contributed by atoms with Gasteiger partial charge in [0, 0.05) is 43.9 Å². The molecule has 248 valence electrons. The van der Waals surface area contributed by atoms with Crippen molar-refractivity contribution >= 4 is 87.8 Å². The van der Waals surface area contributed by atoms with Crippen LogP contribution < -0.4 is 0 Å². The minimum absolute atomic E-state index is 0.00956. The first-order valence-corrected chi connectivity index (χ1v) is 18.3. The molecule has 3 aromatic heterocycles. The van der Waals surface area contributed by atoms with Crippen molar-refractivity contribution in [2.24, 2.45) is 4.99 Å². The zero-order valence-electron chi connectivity index (χ0n) is 28.7. The highest BCUT2D eigenvalue weighted by Gasteiger charge is 2.30. The van der Waals surface area contributed by atoms with E-state index in [0.717, 1.165) is 56.6 Å². The number of hydrogen-bond donors (Lipinski definition) is 0. The molecule has 0 bridgehead atoms. The Bertz CT molecular complexity index is 3280. The van der Waals surface area contributed by atoms with Crippen molar-refractivity contribution in [2.75, 3.05) is 0 Å². The van der Waals surface area contributed by atoms with Crippen LogP contribution in [0.4, 0.5) is 5.69 Å². The maximum Gasteiger partial charge on any atom is 0.135 e. The molecule has 0 aliphatic carbocycles. The van der Waals surface area contributed by atoms with E-state index >= 15 is 0 Å². The fourth-order valence-electron chi connectivity index (χ4n) is 9.10. The molecular weight excluding hydrogens is 647 g/mol. The molecule has 0 radical (unpaired) electrons. The molecule has 1 atom stereocenters. The molecule has 0 fully saturated rings. The largest absolute Gasteiger partial charge is 0.456 e. The summed E-state index contributed by atoms with van der Waals surface area (Å²) in [5.41, 5.74) is 11.1. The van der Waals surface area contributed by atoms with Crippen molar-refractivity contribution in [3.63, 3.8) is 0 Å². The Morgan fingerprint density at radius 3 is 2.00 bits per heavy atom. The summed E-state index contributed by atoms with van der Waals surface area (Å²) in [7, 11) is 0. The van der Waals surface area contributed by atoms with E-state index in [-0.39, 0.29) is 5.92 Å². The highest BCUT2D eigenvalue weighted by Crippen LogP contribution is 2.43. The highest BCUT2D eigenvalue weighted by atomic mass is 16.3. The van der Waals surface area contributed by atoms with Crippen LogP contribution in [-0.2, 0) is 6.42 Å². The Hall–Kier alpha value is -6.91. The molecule has 1 aliphatic heterocycles. The summed E-state index contributed by atoms with van der Waals surface area (Å²) in [6, 6.07) is 61.4. The van der Waals surface area contributed by atoms with E-state index in [4.69, 9.17) is 9.41 Å². The zero-order valence-corrected chi connectivity index (χ0v) is 28.7. The number of benzene rings is 8. The van der Waals surface area contributed by atoms with Gasteiger partial charge in [-0.3, -0.25) is 4.57 Å². The van der Waals surface area contributed by atoms with Gasteiger partial charge in [0.1, 0.15) is 17.0 Å². The molecule has 0 spiro atoms. The van der Waals surface area contributed by atoms with Crippen LogP contribution in [0.5, 0.6) is 0 Å². The van der Waals surface area contributed by atoms with Crippen molar-refractivity contribution < 1.29 is 4.42 Å². The van der Waals surface area contributed by atoms with Crippen LogP contribution >= 0.6 is 0 Å². The summed E-state index contributed by atoms with van der Waals surface area (Å²) in [5.74, 6) is 1.01. The van der Waals surface area contributed by atoms with Crippen molar-refractivity contribution in [1.82, 2.24) is 9.13 Å². The summed E-state index contributed by atoms with van der Waals surface area (Å²) >= 11 is 0. The molecule has 1 unspecified atom stereocenters. The lowest BCUT2D eigenvalue weighted by molar-refractivity contribution is 0.667. The van der Waals surface area contributed by atoms with Gasteiger partial charge < -0.3 is 8.98 Å². The summed E-state index contributed by atoms with van der Waals surface area (Å²) in [6.07, 6.45) is 0.835. The summed E-state index contributed by atoms with van der Waals surface area (Å²) in [5, 5.41) is 9.73. The van der Waals surface area contributed by atoms with Gasteiger partial charge >= 0.3 is 0 Å². The average Bonchev–Trinajstić information content (AvgIpc) is 3.87. The molecule has 12 rings (SSSR count). The Morgan fingerprint density at radius 2 is 1.15 bits per heavy atom. The van der Waals surface area contributed by atoms with E-state index < -0.39 is 0 Å². The van der Waals surface area contributed by atoms with Crippen LogP contribution in [-0.4, -0.2) is 15.0 Å². The monoisotopic (exact) mass is 677 g/mol. The third-order valence-electron chi connectivity index (χ3n) is 11.5. The van der Waals surface area contributed by atoms with Gasteiger partial charge in [-0.1, -0.05) is 121 Å². The average molecular weight is 678 g/mol. The highest BCUT2D eigenvalue weighted by molar-refractivity contribution is 6.25. The number of para-hydroxylation sites is 4. The molecule has 4 heteroatoms. The Labute approximate surface area is 304 Å². The molecule has 0 saturated heterocycles. The van der Waals surface area contributed by atoms with Crippen molar-refractivity contribution in [2.45, 2.75) is 12.3 Å². The molecule has 53 heavy (non-hydrogen) atoms. The molecule has 4 nitrogen and oxygen atoms in total. The molecule has 0 saturated carbocycles. The molecular formula is C49H31N3O. The molecule has 8 aromatic carbocycles. The molecule has 1 aliphatic rings. The quantitative estimate of drug-likeness (QED) is 0.179. The third-order valence-corrected chi connectivity index (χ3v) is 11.5. The molecule has 11 aromatic rings. The lowest BCUT2D eigenvalue weighted by atomic mass is 9.87. The van der Waals surface area contributed by atoms with Crippen molar-refractivity contribution in [3.8, 4) is 5.69 Å². The van der Waals surface area contributed by atoms with Crippen molar-refractivity contribution in [1.29, 1.82) is 0 Å². The second-order valence-electron chi connectivity index (χ2n) is 14.3. The predicted octanol–water partition coefficient (Wildman–Crippen LogP) is 12.9.